The molecule has 1 fully saturated rings. The van der Waals surface area contributed by atoms with Gasteiger partial charge in [-0.2, -0.15) is 5.10 Å². The van der Waals surface area contributed by atoms with Crippen LogP contribution in [0.5, 0.6) is 0 Å². The number of hydrazone groups is 1. The maximum atomic E-state index is 11.7. The normalized spacial score (nSPS) is 14.5. The number of hydrogen-bond donors (Lipinski definition) is 2. The third kappa shape index (κ3) is 4.98. The third-order valence-electron chi connectivity index (χ3n) is 3.62. The van der Waals surface area contributed by atoms with Gasteiger partial charge in [0.2, 0.25) is 11.8 Å². The fraction of sp³-hybridized carbons (Fsp3) is 0.471. The highest BCUT2D eigenvalue weighted by Gasteiger charge is 2.29. The number of nitrogens with one attached hydrogen (secondary N) is 2. The average Bonchev–Trinajstić information content (AvgIpc) is 3.36. The van der Waals surface area contributed by atoms with Crippen molar-refractivity contribution in [3.63, 3.8) is 0 Å². The first-order valence-electron chi connectivity index (χ1n) is 7.84. The number of rotatable bonds is 7. The van der Waals surface area contributed by atoms with E-state index in [-0.39, 0.29) is 17.7 Å². The number of benzene rings is 1. The van der Waals surface area contributed by atoms with E-state index < -0.39 is 0 Å². The number of carbonyl (C=O) groups excluding carboxylic acids is 2. The van der Waals surface area contributed by atoms with Crippen LogP contribution in [0.25, 0.3) is 0 Å². The van der Waals surface area contributed by atoms with Crippen molar-refractivity contribution in [1.82, 2.24) is 5.43 Å². The molecule has 1 saturated carbocycles. The molecule has 5 heteroatoms. The van der Waals surface area contributed by atoms with E-state index in [1.165, 1.54) is 0 Å². The van der Waals surface area contributed by atoms with Crippen LogP contribution in [0.3, 0.4) is 0 Å². The lowest BCUT2D eigenvalue weighted by Gasteiger charge is -2.06. The highest BCUT2D eigenvalue weighted by Crippen LogP contribution is 2.30. The Balaban J connectivity index is 1.88. The largest absolute Gasteiger partial charge is 0.326 e. The molecule has 1 aromatic carbocycles. The molecule has 0 spiro atoms. The van der Waals surface area contributed by atoms with Gasteiger partial charge in [-0.3, -0.25) is 9.59 Å². The van der Waals surface area contributed by atoms with Crippen LogP contribution in [0, 0.1) is 5.92 Å². The Morgan fingerprint density at radius 3 is 2.50 bits per heavy atom. The summed E-state index contributed by atoms with van der Waals surface area (Å²) in [5.41, 5.74) is 5.01. The minimum absolute atomic E-state index is 0.0606. The summed E-state index contributed by atoms with van der Waals surface area (Å²) in [5.74, 6) is 0.233. The van der Waals surface area contributed by atoms with Crippen LogP contribution in [-0.4, -0.2) is 17.5 Å². The van der Waals surface area contributed by atoms with E-state index in [0.717, 1.165) is 42.6 Å². The predicted molar refractivity (Wildman–Crippen MR) is 87.7 cm³/mol. The average molecular weight is 301 g/mol. The van der Waals surface area contributed by atoms with E-state index >= 15 is 0 Å². The molecule has 0 aliphatic heterocycles. The fourth-order valence-electron chi connectivity index (χ4n) is 1.99. The van der Waals surface area contributed by atoms with Gasteiger partial charge in [0, 0.05) is 18.0 Å². The molecule has 1 aliphatic rings. The minimum Gasteiger partial charge on any atom is -0.326 e. The lowest BCUT2D eigenvalue weighted by atomic mass is 10.1. The molecule has 0 aromatic heterocycles. The van der Waals surface area contributed by atoms with E-state index in [2.05, 4.69) is 15.8 Å². The molecule has 0 atom stereocenters. The van der Waals surface area contributed by atoms with Crippen molar-refractivity contribution in [3.05, 3.63) is 29.8 Å². The third-order valence-corrected chi connectivity index (χ3v) is 3.62. The molecular formula is C17H23N3O2. The van der Waals surface area contributed by atoms with Crippen molar-refractivity contribution in [3.8, 4) is 0 Å². The highest BCUT2D eigenvalue weighted by molar-refractivity contribution is 6.00. The summed E-state index contributed by atoms with van der Waals surface area (Å²) in [6, 6.07) is 7.49. The maximum Gasteiger partial charge on any atom is 0.240 e. The molecule has 2 rings (SSSR count). The van der Waals surface area contributed by atoms with Gasteiger partial charge in [0.05, 0.1) is 5.71 Å². The molecule has 118 valence electrons. The zero-order chi connectivity index (χ0) is 15.9. The van der Waals surface area contributed by atoms with E-state index in [0.29, 0.717) is 6.42 Å². The second-order valence-electron chi connectivity index (χ2n) is 5.68. The van der Waals surface area contributed by atoms with Gasteiger partial charge in [0.15, 0.2) is 0 Å². The molecule has 2 N–H and O–H groups in total. The summed E-state index contributed by atoms with van der Waals surface area (Å²) < 4.78 is 0. The second-order valence-corrected chi connectivity index (χ2v) is 5.68. The molecule has 0 radical (unpaired) electrons. The monoisotopic (exact) mass is 301 g/mol. The summed E-state index contributed by atoms with van der Waals surface area (Å²) in [6.45, 7) is 3.89. The van der Waals surface area contributed by atoms with E-state index in [9.17, 15) is 9.59 Å². The van der Waals surface area contributed by atoms with E-state index in [4.69, 9.17) is 0 Å². The quantitative estimate of drug-likeness (QED) is 0.600. The molecule has 0 unspecified atom stereocenters. The van der Waals surface area contributed by atoms with Crippen molar-refractivity contribution in [2.45, 2.75) is 46.0 Å². The van der Waals surface area contributed by atoms with Crippen molar-refractivity contribution < 1.29 is 9.59 Å². The molecular weight excluding hydrogens is 278 g/mol. The van der Waals surface area contributed by atoms with E-state index in [1.807, 2.05) is 38.1 Å². The van der Waals surface area contributed by atoms with Crippen molar-refractivity contribution >= 4 is 23.2 Å². The van der Waals surface area contributed by atoms with Gasteiger partial charge in [-0.15, -0.1) is 0 Å². The summed E-state index contributed by atoms with van der Waals surface area (Å²) in [6.07, 6.45) is 4.35. The van der Waals surface area contributed by atoms with Crippen molar-refractivity contribution in [2.75, 3.05) is 5.32 Å². The molecule has 0 bridgehead atoms. The summed E-state index contributed by atoms with van der Waals surface area (Å²) in [7, 11) is 0. The van der Waals surface area contributed by atoms with Gasteiger partial charge in [-0.1, -0.05) is 25.5 Å². The zero-order valence-electron chi connectivity index (χ0n) is 13.2. The first kappa shape index (κ1) is 16.2. The number of anilines is 1. The standard InChI is InChI=1S/C17H23N3O2/c1-3-4-5-16(21)20-19-12(2)13-8-10-15(11-9-13)18-17(22)14-6-7-14/h8-11,14H,3-7H2,1-2H3,(H,18,22)(H,20,21)/b19-12+. The summed E-state index contributed by atoms with van der Waals surface area (Å²) in [4.78, 5) is 23.2. The number of carbonyl (C=O) groups is 2. The van der Waals surface area contributed by atoms with Crippen LogP contribution in [0.15, 0.2) is 29.4 Å². The Bertz CT molecular complexity index is 560. The molecule has 22 heavy (non-hydrogen) atoms. The lowest BCUT2D eigenvalue weighted by molar-refractivity contribution is -0.121. The first-order valence-corrected chi connectivity index (χ1v) is 7.84. The Labute approximate surface area is 131 Å². The molecule has 2 amide bonds. The smallest absolute Gasteiger partial charge is 0.240 e. The molecule has 1 aromatic rings. The number of amides is 2. The summed E-state index contributed by atoms with van der Waals surface area (Å²) in [5, 5.41) is 7.00. The van der Waals surface area contributed by atoms with Crippen LogP contribution in [0.2, 0.25) is 0 Å². The van der Waals surface area contributed by atoms with Crippen LogP contribution in [0.4, 0.5) is 5.69 Å². The molecule has 0 saturated heterocycles. The summed E-state index contributed by atoms with van der Waals surface area (Å²) >= 11 is 0. The number of nitrogens with zero attached hydrogens (tertiary/aromatic N) is 1. The topological polar surface area (TPSA) is 70.6 Å². The van der Waals surface area contributed by atoms with E-state index in [1.54, 1.807) is 0 Å². The molecule has 1 aliphatic carbocycles. The van der Waals surface area contributed by atoms with Crippen molar-refractivity contribution in [2.24, 2.45) is 11.0 Å². The predicted octanol–water partition coefficient (Wildman–Crippen LogP) is 3.07. The van der Waals surface area contributed by atoms with Gasteiger partial charge in [-0.25, -0.2) is 5.43 Å². The maximum absolute atomic E-state index is 11.7. The van der Waals surface area contributed by atoms with Gasteiger partial charge in [0.25, 0.3) is 0 Å². The first-order chi connectivity index (χ1) is 10.6. The molecule has 0 heterocycles. The highest BCUT2D eigenvalue weighted by atomic mass is 16.2. The fourth-order valence-corrected chi connectivity index (χ4v) is 1.99. The lowest BCUT2D eigenvalue weighted by Crippen LogP contribution is -2.18. The minimum atomic E-state index is -0.0606. The Kier molecular flexibility index (Phi) is 5.69. The van der Waals surface area contributed by atoms with Crippen LogP contribution < -0.4 is 10.7 Å². The van der Waals surface area contributed by atoms with Gasteiger partial charge in [-0.05, 0) is 43.9 Å². The Morgan fingerprint density at radius 2 is 1.91 bits per heavy atom. The number of unbranched alkanes of at least 4 members (excludes halogenated alkanes) is 1. The number of hydrogen-bond acceptors (Lipinski definition) is 3. The van der Waals surface area contributed by atoms with Crippen LogP contribution in [0.1, 0.15) is 51.5 Å². The van der Waals surface area contributed by atoms with Gasteiger partial charge in [0.1, 0.15) is 0 Å². The van der Waals surface area contributed by atoms with Gasteiger partial charge >= 0.3 is 0 Å². The zero-order valence-corrected chi connectivity index (χ0v) is 13.2. The van der Waals surface area contributed by atoms with Crippen molar-refractivity contribution in [1.29, 1.82) is 0 Å². The molecule has 5 nitrogen and oxygen atoms in total. The van der Waals surface area contributed by atoms with Crippen LogP contribution >= 0.6 is 0 Å². The van der Waals surface area contributed by atoms with Gasteiger partial charge < -0.3 is 5.32 Å². The Morgan fingerprint density at radius 1 is 1.23 bits per heavy atom. The second kappa shape index (κ2) is 7.73. The van der Waals surface area contributed by atoms with Crippen LogP contribution in [-0.2, 0) is 9.59 Å². The SMILES string of the molecule is CCCCC(=O)N/N=C(\C)c1ccc(NC(=O)C2CC2)cc1. The Hall–Kier alpha value is -2.17.